The smallest absolute Gasteiger partial charge is 0.0495 e. The van der Waals surface area contributed by atoms with Crippen LogP contribution >= 0.6 is 0 Å². The van der Waals surface area contributed by atoms with Crippen molar-refractivity contribution in [3.8, 4) is 0 Å². The first kappa shape index (κ1) is 9.00. The molecule has 3 heteroatoms. The topological polar surface area (TPSA) is 41.6 Å². The molecule has 1 aliphatic heterocycles. The second-order valence-electron chi connectivity index (χ2n) is 2.95. The van der Waals surface area contributed by atoms with Gasteiger partial charge < -0.3 is 10.6 Å². The molecule has 66 valence electrons. The standard InChI is InChI=1S/C9H15N3/c1-3-11-6-8(2)12-5-4-9(10)7-12/h3,6,9H,1-2,4-5,7,10H2. The third-order valence-electron chi connectivity index (χ3n) is 1.96. The number of allylic oxidation sites excluding steroid dienone is 1. The Labute approximate surface area is 73.3 Å². The lowest BCUT2D eigenvalue weighted by Gasteiger charge is -2.16. The fourth-order valence-corrected chi connectivity index (χ4v) is 1.27. The number of nitrogens with zero attached hydrogens (tertiary/aromatic N) is 2. The summed E-state index contributed by atoms with van der Waals surface area (Å²) in [6, 6.07) is 0.291. The lowest BCUT2D eigenvalue weighted by molar-refractivity contribution is 0.444. The van der Waals surface area contributed by atoms with Crippen LogP contribution in [-0.2, 0) is 0 Å². The minimum atomic E-state index is 0.291. The van der Waals surface area contributed by atoms with E-state index in [1.165, 1.54) is 6.20 Å². The lowest BCUT2D eigenvalue weighted by atomic mass is 10.3. The van der Waals surface area contributed by atoms with Gasteiger partial charge in [0, 0.05) is 37.2 Å². The van der Waals surface area contributed by atoms with E-state index in [0.29, 0.717) is 6.04 Å². The van der Waals surface area contributed by atoms with E-state index in [1.807, 2.05) is 0 Å². The first-order chi connectivity index (χ1) is 5.74. The summed E-state index contributed by atoms with van der Waals surface area (Å²) in [7, 11) is 0. The van der Waals surface area contributed by atoms with Crippen molar-refractivity contribution in [3.63, 3.8) is 0 Å². The third-order valence-corrected chi connectivity index (χ3v) is 1.96. The van der Waals surface area contributed by atoms with Crippen molar-refractivity contribution in [2.45, 2.75) is 12.5 Å². The largest absolute Gasteiger partial charge is 0.369 e. The molecule has 0 spiro atoms. The number of rotatable bonds is 3. The van der Waals surface area contributed by atoms with Crippen molar-refractivity contribution in [1.29, 1.82) is 0 Å². The monoisotopic (exact) mass is 165 g/mol. The Hall–Kier alpha value is -1.09. The third kappa shape index (κ3) is 2.20. The summed E-state index contributed by atoms with van der Waals surface area (Å²) in [6.45, 7) is 9.25. The molecule has 1 unspecified atom stereocenters. The number of nitrogens with two attached hydrogens (primary N) is 1. The normalized spacial score (nSPS) is 23.4. The Morgan fingerprint density at radius 3 is 2.92 bits per heavy atom. The predicted octanol–water partition coefficient (Wildman–Crippen LogP) is 0.747. The highest BCUT2D eigenvalue weighted by molar-refractivity contribution is 5.77. The maximum absolute atomic E-state index is 5.74. The maximum Gasteiger partial charge on any atom is 0.0495 e. The summed E-state index contributed by atoms with van der Waals surface area (Å²) in [6.07, 6.45) is 4.26. The van der Waals surface area contributed by atoms with Crippen molar-refractivity contribution in [3.05, 3.63) is 25.1 Å². The lowest BCUT2D eigenvalue weighted by Crippen LogP contribution is -2.26. The highest BCUT2D eigenvalue weighted by atomic mass is 15.2. The van der Waals surface area contributed by atoms with Crippen molar-refractivity contribution < 1.29 is 0 Å². The summed E-state index contributed by atoms with van der Waals surface area (Å²) < 4.78 is 0. The van der Waals surface area contributed by atoms with Crippen molar-refractivity contribution in [2.75, 3.05) is 13.1 Å². The van der Waals surface area contributed by atoms with Crippen LogP contribution in [0.25, 0.3) is 0 Å². The first-order valence-electron chi connectivity index (χ1n) is 4.07. The summed E-state index contributed by atoms with van der Waals surface area (Å²) in [4.78, 5) is 6.03. The van der Waals surface area contributed by atoms with Crippen molar-refractivity contribution in [1.82, 2.24) is 4.90 Å². The predicted molar refractivity (Wildman–Crippen MR) is 52.0 cm³/mol. The summed E-state index contributed by atoms with van der Waals surface area (Å²) in [5, 5.41) is 0. The van der Waals surface area contributed by atoms with Gasteiger partial charge in [-0.05, 0) is 6.42 Å². The van der Waals surface area contributed by atoms with Gasteiger partial charge in [0.2, 0.25) is 0 Å². The van der Waals surface area contributed by atoms with Gasteiger partial charge in [-0.15, -0.1) is 0 Å². The van der Waals surface area contributed by atoms with Crippen molar-refractivity contribution >= 4 is 6.21 Å². The average Bonchev–Trinajstić information content (AvgIpc) is 2.47. The van der Waals surface area contributed by atoms with Gasteiger partial charge in [-0.3, -0.25) is 4.99 Å². The molecule has 0 radical (unpaired) electrons. The molecule has 0 aromatic rings. The summed E-state index contributed by atoms with van der Waals surface area (Å²) in [5.74, 6) is 0. The van der Waals surface area contributed by atoms with Crippen LogP contribution in [0.15, 0.2) is 30.0 Å². The van der Waals surface area contributed by atoms with E-state index < -0.39 is 0 Å². The zero-order valence-electron chi connectivity index (χ0n) is 7.24. The Bertz CT molecular complexity index is 208. The van der Waals surface area contributed by atoms with E-state index >= 15 is 0 Å². The molecular formula is C9H15N3. The zero-order valence-corrected chi connectivity index (χ0v) is 7.24. The summed E-state index contributed by atoms with van der Waals surface area (Å²) in [5.41, 5.74) is 6.66. The molecule has 0 aromatic heterocycles. The van der Waals surface area contributed by atoms with Gasteiger partial charge in [0.1, 0.15) is 0 Å². The fraction of sp³-hybridized carbons (Fsp3) is 0.444. The number of hydrogen-bond donors (Lipinski definition) is 1. The summed E-state index contributed by atoms with van der Waals surface area (Å²) >= 11 is 0. The molecule has 1 saturated heterocycles. The molecule has 2 N–H and O–H groups in total. The van der Waals surface area contributed by atoms with Crippen LogP contribution in [0.5, 0.6) is 0 Å². The molecule has 1 atom stereocenters. The highest BCUT2D eigenvalue weighted by Crippen LogP contribution is 2.10. The van der Waals surface area contributed by atoms with Gasteiger partial charge >= 0.3 is 0 Å². The van der Waals surface area contributed by atoms with Crippen LogP contribution in [0.2, 0.25) is 0 Å². The second-order valence-corrected chi connectivity index (χ2v) is 2.95. The van der Waals surface area contributed by atoms with Gasteiger partial charge in [-0.1, -0.05) is 13.2 Å². The van der Waals surface area contributed by atoms with Crippen LogP contribution < -0.4 is 5.73 Å². The van der Waals surface area contributed by atoms with Crippen LogP contribution in [-0.4, -0.2) is 30.2 Å². The van der Waals surface area contributed by atoms with E-state index in [-0.39, 0.29) is 0 Å². The first-order valence-corrected chi connectivity index (χ1v) is 4.07. The SMILES string of the molecule is C=CN=CC(=C)N1CCC(N)C1. The minimum Gasteiger partial charge on any atom is -0.369 e. The van der Waals surface area contributed by atoms with E-state index in [9.17, 15) is 0 Å². The van der Waals surface area contributed by atoms with E-state index in [4.69, 9.17) is 5.73 Å². The van der Waals surface area contributed by atoms with Gasteiger partial charge in [-0.2, -0.15) is 0 Å². The van der Waals surface area contributed by atoms with Crippen molar-refractivity contribution in [2.24, 2.45) is 10.7 Å². The van der Waals surface area contributed by atoms with Crippen LogP contribution in [0, 0.1) is 0 Å². The van der Waals surface area contributed by atoms with Crippen LogP contribution in [0.3, 0.4) is 0 Å². The molecule has 3 nitrogen and oxygen atoms in total. The molecular weight excluding hydrogens is 150 g/mol. The molecule has 0 aromatic carbocycles. The molecule has 0 amide bonds. The molecule has 12 heavy (non-hydrogen) atoms. The minimum absolute atomic E-state index is 0.291. The van der Waals surface area contributed by atoms with Gasteiger partial charge in [-0.25, -0.2) is 0 Å². The number of aliphatic imine (C=N–C) groups is 1. The number of hydrogen-bond acceptors (Lipinski definition) is 3. The van der Waals surface area contributed by atoms with Gasteiger partial charge in [0.05, 0.1) is 0 Å². The van der Waals surface area contributed by atoms with E-state index in [2.05, 4.69) is 23.1 Å². The molecule has 1 fully saturated rings. The molecule has 1 heterocycles. The number of likely N-dealkylation sites (tertiary alicyclic amines) is 1. The molecule has 0 saturated carbocycles. The van der Waals surface area contributed by atoms with Crippen LogP contribution in [0.4, 0.5) is 0 Å². The second kappa shape index (κ2) is 4.07. The average molecular weight is 165 g/mol. The van der Waals surface area contributed by atoms with Gasteiger partial charge in [0.15, 0.2) is 0 Å². The Morgan fingerprint density at radius 1 is 1.67 bits per heavy atom. The van der Waals surface area contributed by atoms with Crippen LogP contribution in [0.1, 0.15) is 6.42 Å². The fourth-order valence-electron chi connectivity index (χ4n) is 1.27. The Morgan fingerprint density at radius 2 is 2.42 bits per heavy atom. The quantitative estimate of drug-likeness (QED) is 0.627. The highest BCUT2D eigenvalue weighted by Gasteiger charge is 2.18. The van der Waals surface area contributed by atoms with E-state index in [1.54, 1.807) is 6.21 Å². The maximum atomic E-state index is 5.74. The Balaban J connectivity index is 2.43. The molecule has 1 rings (SSSR count). The molecule has 0 bridgehead atoms. The zero-order chi connectivity index (χ0) is 8.97. The van der Waals surface area contributed by atoms with E-state index in [0.717, 1.165) is 25.2 Å². The Kier molecular flexibility index (Phi) is 3.05. The molecule has 1 aliphatic rings. The van der Waals surface area contributed by atoms with Gasteiger partial charge in [0.25, 0.3) is 0 Å². The molecule has 0 aliphatic carbocycles.